The van der Waals surface area contributed by atoms with Crippen molar-refractivity contribution >= 4 is 28.9 Å². The maximum Gasteiger partial charge on any atom is 0.296 e. The van der Waals surface area contributed by atoms with Crippen LogP contribution in [0.2, 0.25) is 0 Å². The molecule has 1 aromatic rings. The SMILES string of the molecule is CCOc1ccc(N2CC(Cl)CC2=O)c([N+](=O)[O-])c1. The molecule has 2 rings (SSSR count). The van der Waals surface area contributed by atoms with E-state index in [1.54, 1.807) is 13.0 Å². The lowest BCUT2D eigenvalue weighted by Gasteiger charge is -2.16. The van der Waals surface area contributed by atoms with Crippen molar-refractivity contribution in [2.75, 3.05) is 18.1 Å². The molecule has 0 aliphatic carbocycles. The van der Waals surface area contributed by atoms with Gasteiger partial charge in [0.2, 0.25) is 5.91 Å². The summed E-state index contributed by atoms with van der Waals surface area (Å²) in [6, 6.07) is 4.46. The van der Waals surface area contributed by atoms with Crippen LogP contribution >= 0.6 is 11.6 Å². The van der Waals surface area contributed by atoms with Crippen molar-refractivity contribution in [1.29, 1.82) is 0 Å². The second kappa shape index (κ2) is 5.44. The smallest absolute Gasteiger partial charge is 0.296 e. The van der Waals surface area contributed by atoms with E-state index in [0.29, 0.717) is 12.4 Å². The molecule has 0 aromatic heterocycles. The molecular formula is C12H13ClN2O4. The quantitative estimate of drug-likeness (QED) is 0.483. The third kappa shape index (κ3) is 2.78. The first-order valence-electron chi connectivity index (χ1n) is 5.88. The number of ether oxygens (including phenoxy) is 1. The highest BCUT2D eigenvalue weighted by atomic mass is 35.5. The Kier molecular flexibility index (Phi) is 3.90. The zero-order valence-corrected chi connectivity index (χ0v) is 11.1. The average Bonchev–Trinajstić information content (AvgIpc) is 2.68. The molecule has 0 N–H and O–H groups in total. The molecule has 102 valence electrons. The number of nitro benzene ring substituents is 1. The Morgan fingerprint density at radius 2 is 2.32 bits per heavy atom. The second-order valence-corrected chi connectivity index (χ2v) is 4.76. The van der Waals surface area contributed by atoms with Crippen molar-refractivity contribution < 1.29 is 14.5 Å². The molecule has 1 fully saturated rings. The molecule has 1 unspecified atom stereocenters. The molecule has 1 aliphatic rings. The molecular weight excluding hydrogens is 272 g/mol. The second-order valence-electron chi connectivity index (χ2n) is 4.15. The summed E-state index contributed by atoms with van der Waals surface area (Å²) in [6.07, 6.45) is 0.200. The number of nitrogens with zero attached hydrogens (tertiary/aromatic N) is 2. The van der Waals surface area contributed by atoms with Gasteiger partial charge in [-0.3, -0.25) is 14.9 Å². The average molecular weight is 285 g/mol. The minimum absolute atomic E-state index is 0.148. The zero-order chi connectivity index (χ0) is 14.0. The van der Waals surface area contributed by atoms with Crippen molar-refractivity contribution in [3.63, 3.8) is 0 Å². The Balaban J connectivity index is 2.39. The summed E-state index contributed by atoms with van der Waals surface area (Å²) in [5.41, 5.74) is 0.117. The number of carbonyl (C=O) groups is 1. The van der Waals surface area contributed by atoms with Crippen LogP contribution in [0.1, 0.15) is 13.3 Å². The van der Waals surface area contributed by atoms with Gasteiger partial charge in [-0.05, 0) is 19.1 Å². The van der Waals surface area contributed by atoms with Crippen LogP contribution in [0.5, 0.6) is 5.75 Å². The van der Waals surface area contributed by atoms with Crippen LogP contribution < -0.4 is 9.64 Å². The minimum atomic E-state index is -0.521. The van der Waals surface area contributed by atoms with Crippen LogP contribution in [0.25, 0.3) is 0 Å². The first-order chi connectivity index (χ1) is 9.02. The topological polar surface area (TPSA) is 72.7 Å². The van der Waals surface area contributed by atoms with Crippen LogP contribution in [0.4, 0.5) is 11.4 Å². The molecule has 0 saturated carbocycles. The highest BCUT2D eigenvalue weighted by Crippen LogP contribution is 2.35. The number of hydrogen-bond acceptors (Lipinski definition) is 4. The van der Waals surface area contributed by atoms with E-state index in [0.717, 1.165) is 0 Å². The number of nitro groups is 1. The van der Waals surface area contributed by atoms with Crippen molar-refractivity contribution in [2.24, 2.45) is 0 Å². The number of anilines is 1. The van der Waals surface area contributed by atoms with Crippen molar-refractivity contribution in [2.45, 2.75) is 18.7 Å². The van der Waals surface area contributed by atoms with Gasteiger partial charge in [-0.2, -0.15) is 0 Å². The van der Waals surface area contributed by atoms with E-state index < -0.39 is 4.92 Å². The monoisotopic (exact) mass is 284 g/mol. The summed E-state index contributed by atoms with van der Waals surface area (Å²) in [4.78, 5) is 23.7. The molecule has 1 saturated heterocycles. The number of halogens is 1. The fourth-order valence-corrected chi connectivity index (χ4v) is 2.30. The first-order valence-corrected chi connectivity index (χ1v) is 6.32. The summed E-state index contributed by atoms with van der Waals surface area (Å²) >= 11 is 5.91. The van der Waals surface area contributed by atoms with Gasteiger partial charge in [0.25, 0.3) is 5.69 Å². The summed E-state index contributed by atoms with van der Waals surface area (Å²) in [5.74, 6) is 0.208. The van der Waals surface area contributed by atoms with Crippen molar-refractivity contribution in [3.8, 4) is 5.75 Å². The number of hydrogen-bond donors (Lipinski definition) is 0. The summed E-state index contributed by atoms with van der Waals surface area (Å²) in [7, 11) is 0. The van der Waals surface area contributed by atoms with Gasteiger partial charge in [0.1, 0.15) is 11.4 Å². The summed E-state index contributed by atoms with van der Waals surface area (Å²) < 4.78 is 5.23. The highest BCUT2D eigenvalue weighted by molar-refractivity contribution is 6.24. The maximum atomic E-state index is 11.8. The van der Waals surface area contributed by atoms with Crippen LogP contribution in [0.15, 0.2) is 18.2 Å². The first kappa shape index (κ1) is 13.6. The maximum absolute atomic E-state index is 11.8. The number of alkyl halides is 1. The largest absolute Gasteiger partial charge is 0.494 e. The molecule has 1 aromatic carbocycles. The predicted molar refractivity (Wildman–Crippen MR) is 70.9 cm³/mol. The number of benzene rings is 1. The van der Waals surface area contributed by atoms with E-state index in [-0.39, 0.29) is 35.6 Å². The Labute approximate surface area is 115 Å². The van der Waals surface area contributed by atoms with Crippen LogP contribution in [-0.4, -0.2) is 29.4 Å². The van der Waals surface area contributed by atoms with Gasteiger partial charge in [-0.15, -0.1) is 11.6 Å². The third-order valence-electron chi connectivity index (χ3n) is 2.82. The van der Waals surface area contributed by atoms with E-state index in [4.69, 9.17) is 16.3 Å². The summed E-state index contributed by atoms with van der Waals surface area (Å²) in [5, 5.41) is 10.8. The van der Waals surface area contributed by atoms with Crippen LogP contribution in [0, 0.1) is 10.1 Å². The number of rotatable bonds is 4. The van der Waals surface area contributed by atoms with Gasteiger partial charge in [0.15, 0.2) is 0 Å². The lowest BCUT2D eigenvalue weighted by Crippen LogP contribution is -2.25. The van der Waals surface area contributed by atoms with Crippen LogP contribution in [-0.2, 0) is 4.79 Å². The van der Waals surface area contributed by atoms with Gasteiger partial charge in [0, 0.05) is 13.0 Å². The van der Waals surface area contributed by atoms with E-state index >= 15 is 0 Å². The molecule has 1 amide bonds. The third-order valence-corrected chi connectivity index (χ3v) is 3.12. The fourth-order valence-electron chi connectivity index (χ4n) is 2.03. The van der Waals surface area contributed by atoms with Gasteiger partial charge in [0.05, 0.1) is 23.0 Å². The lowest BCUT2D eigenvalue weighted by atomic mass is 10.2. The van der Waals surface area contributed by atoms with Crippen LogP contribution in [0.3, 0.4) is 0 Å². The molecule has 6 nitrogen and oxygen atoms in total. The summed E-state index contributed by atoms with van der Waals surface area (Å²) in [6.45, 7) is 2.50. The molecule has 1 heterocycles. The molecule has 0 spiro atoms. The van der Waals surface area contributed by atoms with Gasteiger partial charge >= 0.3 is 0 Å². The molecule has 0 radical (unpaired) electrons. The minimum Gasteiger partial charge on any atom is -0.494 e. The predicted octanol–water partition coefficient (Wildman–Crippen LogP) is 2.34. The Morgan fingerprint density at radius 1 is 1.58 bits per heavy atom. The van der Waals surface area contributed by atoms with E-state index in [1.165, 1.54) is 17.0 Å². The van der Waals surface area contributed by atoms with Gasteiger partial charge < -0.3 is 9.64 Å². The Hall–Kier alpha value is -1.82. The molecule has 19 heavy (non-hydrogen) atoms. The molecule has 1 atom stereocenters. The zero-order valence-electron chi connectivity index (χ0n) is 10.3. The van der Waals surface area contributed by atoms with Crippen molar-refractivity contribution in [3.05, 3.63) is 28.3 Å². The van der Waals surface area contributed by atoms with E-state index in [2.05, 4.69) is 0 Å². The normalized spacial score (nSPS) is 18.7. The fraction of sp³-hybridized carbons (Fsp3) is 0.417. The van der Waals surface area contributed by atoms with Gasteiger partial charge in [-0.25, -0.2) is 0 Å². The number of amides is 1. The number of carbonyl (C=O) groups excluding carboxylic acids is 1. The van der Waals surface area contributed by atoms with E-state index in [1.807, 2.05) is 0 Å². The molecule has 1 aliphatic heterocycles. The lowest BCUT2D eigenvalue weighted by molar-refractivity contribution is -0.384. The Bertz CT molecular complexity index is 520. The molecule has 0 bridgehead atoms. The Morgan fingerprint density at radius 3 is 2.84 bits per heavy atom. The van der Waals surface area contributed by atoms with E-state index in [9.17, 15) is 14.9 Å². The van der Waals surface area contributed by atoms with Gasteiger partial charge in [-0.1, -0.05) is 0 Å². The highest BCUT2D eigenvalue weighted by Gasteiger charge is 2.33. The standard InChI is InChI=1S/C12H13ClN2O4/c1-2-19-9-3-4-10(11(6-9)15(17)18)14-7-8(13)5-12(14)16/h3-4,6,8H,2,5,7H2,1H3. The molecule has 7 heteroatoms. The van der Waals surface area contributed by atoms with Crippen molar-refractivity contribution in [1.82, 2.24) is 0 Å².